The number of aromatic amines is 1. The number of aryl methyl sites for hydroxylation is 1. The number of ether oxygens (including phenoxy) is 3. The zero-order valence-electron chi connectivity index (χ0n) is 15.3. The number of methoxy groups -OCH3 is 1. The number of nitrogens with one attached hydrogen (secondary N) is 1. The van der Waals surface area contributed by atoms with Crippen molar-refractivity contribution >= 4 is 28.1 Å². The Morgan fingerprint density at radius 1 is 1.07 bits per heavy atom. The normalized spacial score (nSPS) is 11.0. The van der Waals surface area contributed by atoms with Gasteiger partial charge in [-0.25, -0.2) is 4.39 Å². The van der Waals surface area contributed by atoms with Gasteiger partial charge >= 0.3 is 0 Å². The maximum Gasteiger partial charge on any atom is 0.175 e. The summed E-state index contributed by atoms with van der Waals surface area (Å²) in [4.78, 5) is 18.0. The largest absolute Gasteiger partial charge is 0.493 e. The lowest BCUT2D eigenvalue weighted by atomic mass is 10.1. The fraction of sp³-hybridized carbons (Fsp3) is 0.143. The second-order valence-corrected chi connectivity index (χ2v) is 6.20. The van der Waals surface area contributed by atoms with E-state index in [1.165, 1.54) is 7.11 Å². The van der Waals surface area contributed by atoms with Crippen molar-refractivity contribution in [2.24, 2.45) is 0 Å². The number of benzene rings is 2. The van der Waals surface area contributed by atoms with Gasteiger partial charge in [0.1, 0.15) is 12.4 Å². The van der Waals surface area contributed by atoms with Gasteiger partial charge in [-0.2, -0.15) is 0 Å². The summed E-state index contributed by atoms with van der Waals surface area (Å²) in [5.41, 5.74) is 2.15. The Balaban J connectivity index is 1.78. The molecule has 4 rings (SSSR count). The van der Waals surface area contributed by atoms with Gasteiger partial charge in [-0.05, 0) is 37.3 Å². The first-order chi connectivity index (χ1) is 13.6. The molecule has 4 aromatic rings. The highest BCUT2D eigenvalue weighted by Gasteiger charge is 2.15. The van der Waals surface area contributed by atoms with Crippen LogP contribution in [0.25, 0.3) is 21.8 Å². The molecule has 6 nitrogen and oxygen atoms in total. The monoisotopic (exact) mass is 380 g/mol. The Kier molecular flexibility index (Phi) is 4.57. The quantitative estimate of drug-likeness (QED) is 0.497. The Bertz CT molecular complexity index is 1190. The molecule has 0 saturated heterocycles. The molecule has 0 aliphatic rings. The molecule has 0 radical (unpaired) electrons. The number of pyridine rings is 1. The molecule has 0 aliphatic carbocycles. The number of carbonyl (C=O) groups excluding carboxylic acids is 1. The van der Waals surface area contributed by atoms with Gasteiger partial charge in [0.25, 0.3) is 0 Å². The summed E-state index contributed by atoms with van der Waals surface area (Å²) in [7, 11) is 1.49. The summed E-state index contributed by atoms with van der Waals surface area (Å²) in [6, 6.07) is 10.1. The van der Waals surface area contributed by atoms with Gasteiger partial charge in [-0.1, -0.05) is 0 Å². The number of halogens is 1. The number of aldehydes is 1. The molecular formula is C21H17FN2O4. The Hall–Kier alpha value is -3.61. The minimum absolute atomic E-state index is 0.0979. The maximum atomic E-state index is 14.9. The zero-order valence-corrected chi connectivity index (χ0v) is 15.3. The van der Waals surface area contributed by atoms with Crippen LogP contribution in [0.2, 0.25) is 0 Å². The van der Waals surface area contributed by atoms with Crippen LogP contribution in [0.1, 0.15) is 5.69 Å². The number of hydrogen-bond donors (Lipinski definition) is 1. The highest BCUT2D eigenvalue weighted by molar-refractivity contribution is 5.89. The minimum Gasteiger partial charge on any atom is -0.493 e. The average molecular weight is 380 g/mol. The molecule has 2 heterocycles. The molecule has 0 spiro atoms. The van der Waals surface area contributed by atoms with Crippen molar-refractivity contribution in [2.45, 2.75) is 6.92 Å². The average Bonchev–Trinajstić information content (AvgIpc) is 3.09. The predicted octanol–water partition coefficient (Wildman–Crippen LogP) is 4.54. The summed E-state index contributed by atoms with van der Waals surface area (Å²) in [6.07, 6.45) is 2.21. The molecule has 2 aromatic carbocycles. The van der Waals surface area contributed by atoms with Crippen LogP contribution in [0.4, 0.5) is 4.39 Å². The van der Waals surface area contributed by atoms with E-state index in [9.17, 15) is 9.18 Å². The summed E-state index contributed by atoms with van der Waals surface area (Å²) in [6.45, 7) is 1.77. The molecule has 0 atom stereocenters. The molecule has 2 aromatic heterocycles. The molecule has 7 heteroatoms. The first-order valence-corrected chi connectivity index (χ1v) is 8.59. The molecule has 0 amide bonds. The lowest BCUT2D eigenvalue weighted by Crippen LogP contribution is -2.00. The first-order valence-electron chi connectivity index (χ1n) is 8.59. The smallest absolute Gasteiger partial charge is 0.175 e. The van der Waals surface area contributed by atoms with E-state index in [4.69, 9.17) is 14.2 Å². The van der Waals surface area contributed by atoms with Gasteiger partial charge in [0, 0.05) is 34.2 Å². The first kappa shape index (κ1) is 17.8. The molecule has 0 fully saturated rings. The van der Waals surface area contributed by atoms with Crippen molar-refractivity contribution < 1.29 is 23.4 Å². The highest BCUT2D eigenvalue weighted by Crippen LogP contribution is 2.38. The van der Waals surface area contributed by atoms with Gasteiger partial charge in [-0.15, -0.1) is 0 Å². The van der Waals surface area contributed by atoms with Gasteiger partial charge in [0.15, 0.2) is 29.4 Å². The van der Waals surface area contributed by atoms with Crippen molar-refractivity contribution in [3.63, 3.8) is 0 Å². The Morgan fingerprint density at radius 3 is 2.71 bits per heavy atom. The van der Waals surface area contributed by atoms with E-state index in [0.29, 0.717) is 45.3 Å². The van der Waals surface area contributed by atoms with Crippen molar-refractivity contribution in [3.8, 4) is 23.0 Å². The van der Waals surface area contributed by atoms with Crippen LogP contribution in [-0.4, -0.2) is 30.0 Å². The van der Waals surface area contributed by atoms with Gasteiger partial charge in [-0.3, -0.25) is 9.78 Å². The van der Waals surface area contributed by atoms with Crippen LogP contribution in [-0.2, 0) is 4.79 Å². The number of fused-ring (bicyclic) bond motifs is 2. The summed E-state index contributed by atoms with van der Waals surface area (Å²) in [5.74, 6) is 0.909. The lowest BCUT2D eigenvalue weighted by Gasteiger charge is -2.13. The van der Waals surface area contributed by atoms with Gasteiger partial charge < -0.3 is 19.2 Å². The number of rotatable bonds is 6. The molecule has 0 bridgehead atoms. The number of carbonyl (C=O) groups is 1. The van der Waals surface area contributed by atoms with Gasteiger partial charge in [0.05, 0.1) is 12.6 Å². The van der Waals surface area contributed by atoms with E-state index in [-0.39, 0.29) is 12.4 Å². The fourth-order valence-electron chi connectivity index (χ4n) is 3.10. The van der Waals surface area contributed by atoms with E-state index >= 15 is 0 Å². The third-order valence-corrected chi connectivity index (χ3v) is 4.35. The molecule has 1 N–H and O–H groups in total. The van der Waals surface area contributed by atoms with E-state index < -0.39 is 5.82 Å². The number of hydrogen-bond acceptors (Lipinski definition) is 5. The molecular weight excluding hydrogens is 363 g/mol. The summed E-state index contributed by atoms with van der Waals surface area (Å²) >= 11 is 0. The minimum atomic E-state index is -0.440. The summed E-state index contributed by atoms with van der Waals surface area (Å²) < 4.78 is 31.5. The third-order valence-electron chi connectivity index (χ3n) is 4.35. The standard InChI is InChI=1S/C21H17FN2O4/c1-12-9-14-15(24-12)3-4-18(21(14)22)28-17-5-6-23-16-11-20(27-8-7-25)19(26-2)10-13(16)17/h3-7,9-11,24H,8H2,1-2H3. The van der Waals surface area contributed by atoms with E-state index in [1.54, 1.807) is 42.6 Å². The number of H-pyrrole nitrogens is 1. The van der Waals surface area contributed by atoms with Crippen LogP contribution in [0, 0.1) is 12.7 Å². The van der Waals surface area contributed by atoms with Crippen molar-refractivity contribution in [2.75, 3.05) is 13.7 Å². The fourth-order valence-corrected chi connectivity index (χ4v) is 3.10. The van der Waals surface area contributed by atoms with Crippen LogP contribution >= 0.6 is 0 Å². The third kappa shape index (κ3) is 3.11. The molecule has 0 unspecified atom stereocenters. The number of nitrogens with zero attached hydrogens (tertiary/aromatic N) is 1. The van der Waals surface area contributed by atoms with E-state index in [0.717, 1.165) is 5.69 Å². The highest BCUT2D eigenvalue weighted by atomic mass is 19.1. The topological polar surface area (TPSA) is 73.4 Å². The predicted molar refractivity (Wildman–Crippen MR) is 103 cm³/mol. The maximum absolute atomic E-state index is 14.9. The lowest BCUT2D eigenvalue weighted by molar-refractivity contribution is -0.109. The van der Waals surface area contributed by atoms with Crippen molar-refractivity contribution in [1.29, 1.82) is 0 Å². The molecule has 142 valence electrons. The SMILES string of the molecule is COc1cc2c(Oc3ccc4[nH]c(C)cc4c3F)ccnc2cc1OCC=O. The second kappa shape index (κ2) is 7.19. The molecule has 28 heavy (non-hydrogen) atoms. The summed E-state index contributed by atoms with van der Waals surface area (Å²) in [5, 5.41) is 1.10. The number of aromatic nitrogens is 2. The Labute approximate surface area is 159 Å². The van der Waals surface area contributed by atoms with Crippen molar-refractivity contribution in [3.05, 3.63) is 54.1 Å². The van der Waals surface area contributed by atoms with Crippen LogP contribution in [0.15, 0.2) is 42.6 Å². The second-order valence-electron chi connectivity index (χ2n) is 6.20. The van der Waals surface area contributed by atoms with Gasteiger partial charge in [0.2, 0.25) is 0 Å². The Morgan fingerprint density at radius 2 is 1.93 bits per heavy atom. The van der Waals surface area contributed by atoms with Crippen molar-refractivity contribution in [1.82, 2.24) is 9.97 Å². The molecule has 0 saturated carbocycles. The molecule has 0 aliphatic heterocycles. The van der Waals surface area contributed by atoms with Crippen LogP contribution in [0.3, 0.4) is 0 Å². The van der Waals surface area contributed by atoms with E-state index in [2.05, 4.69) is 9.97 Å². The van der Waals surface area contributed by atoms with Crippen LogP contribution < -0.4 is 14.2 Å². The zero-order chi connectivity index (χ0) is 19.7. The van der Waals surface area contributed by atoms with Crippen LogP contribution in [0.5, 0.6) is 23.0 Å². The van der Waals surface area contributed by atoms with E-state index in [1.807, 2.05) is 6.92 Å².